The van der Waals surface area contributed by atoms with Gasteiger partial charge in [0.05, 0.1) is 6.61 Å². The number of hydrogen-bond acceptors (Lipinski definition) is 6. The molecule has 0 spiro atoms. The SMILES string of the molecule is CCCCCCO[C@H]1O[C@H](CO)[C@H](O)[C@@H](O)[C@H]1O. The molecule has 0 aromatic heterocycles. The Hall–Kier alpha value is -0.240. The van der Waals surface area contributed by atoms with Gasteiger partial charge in [-0.2, -0.15) is 0 Å². The summed E-state index contributed by atoms with van der Waals surface area (Å²) in [6.45, 7) is 2.10. The summed E-state index contributed by atoms with van der Waals surface area (Å²) in [5, 5.41) is 37.8. The van der Waals surface area contributed by atoms with Gasteiger partial charge < -0.3 is 29.9 Å². The molecule has 0 bridgehead atoms. The second-order valence-electron chi connectivity index (χ2n) is 4.63. The second-order valence-corrected chi connectivity index (χ2v) is 4.63. The van der Waals surface area contributed by atoms with Crippen molar-refractivity contribution in [1.29, 1.82) is 0 Å². The van der Waals surface area contributed by atoms with Gasteiger partial charge in [-0.3, -0.25) is 0 Å². The standard InChI is InChI=1S/C12H24O6/c1-2-3-4-5-6-17-12-11(16)10(15)9(14)8(7-13)18-12/h8-16H,2-7H2,1H3/t8-,9+,10-,11-,12+/m1/s1. The summed E-state index contributed by atoms with van der Waals surface area (Å²) in [4.78, 5) is 0. The molecule has 1 aliphatic rings. The smallest absolute Gasteiger partial charge is 0.186 e. The van der Waals surface area contributed by atoms with E-state index in [9.17, 15) is 15.3 Å². The van der Waals surface area contributed by atoms with E-state index < -0.39 is 37.3 Å². The van der Waals surface area contributed by atoms with Crippen LogP contribution < -0.4 is 0 Å². The van der Waals surface area contributed by atoms with Gasteiger partial charge in [-0.25, -0.2) is 0 Å². The lowest BCUT2D eigenvalue weighted by Crippen LogP contribution is -2.59. The highest BCUT2D eigenvalue weighted by Gasteiger charge is 2.43. The minimum absolute atomic E-state index is 0.419. The molecule has 1 heterocycles. The predicted molar refractivity (Wildman–Crippen MR) is 63.9 cm³/mol. The fourth-order valence-corrected chi connectivity index (χ4v) is 1.93. The summed E-state index contributed by atoms with van der Waals surface area (Å²) in [5.74, 6) is 0. The number of aliphatic hydroxyl groups is 4. The van der Waals surface area contributed by atoms with Crippen LogP contribution in [0.25, 0.3) is 0 Å². The summed E-state index contributed by atoms with van der Waals surface area (Å²) < 4.78 is 10.5. The van der Waals surface area contributed by atoms with Crippen LogP contribution in [0.2, 0.25) is 0 Å². The highest BCUT2D eigenvalue weighted by Crippen LogP contribution is 2.22. The zero-order valence-electron chi connectivity index (χ0n) is 10.7. The third kappa shape index (κ3) is 4.15. The molecule has 0 saturated carbocycles. The summed E-state index contributed by atoms with van der Waals surface area (Å²) >= 11 is 0. The second kappa shape index (κ2) is 8.04. The first-order chi connectivity index (χ1) is 8.61. The molecule has 6 nitrogen and oxygen atoms in total. The van der Waals surface area contributed by atoms with Gasteiger partial charge in [0, 0.05) is 6.61 Å². The van der Waals surface area contributed by atoms with Crippen molar-refractivity contribution in [2.75, 3.05) is 13.2 Å². The van der Waals surface area contributed by atoms with E-state index in [0.29, 0.717) is 6.61 Å². The number of aliphatic hydroxyl groups excluding tert-OH is 4. The third-order valence-corrected chi connectivity index (χ3v) is 3.13. The average Bonchev–Trinajstić information content (AvgIpc) is 2.38. The van der Waals surface area contributed by atoms with Crippen LogP contribution in [0, 0.1) is 0 Å². The van der Waals surface area contributed by atoms with Crippen LogP contribution in [0.4, 0.5) is 0 Å². The molecule has 1 fully saturated rings. The van der Waals surface area contributed by atoms with E-state index >= 15 is 0 Å². The topological polar surface area (TPSA) is 99.4 Å². The van der Waals surface area contributed by atoms with E-state index in [1.54, 1.807) is 0 Å². The number of hydrogen-bond donors (Lipinski definition) is 4. The zero-order valence-corrected chi connectivity index (χ0v) is 10.7. The van der Waals surface area contributed by atoms with Gasteiger partial charge in [0.25, 0.3) is 0 Å². The molecule has 1 aliphatic heterocycles. The number of unbranched alkanes of at least 4 members (excludes halogenated alkanes) is 3. The van der Waals surface area contributed by atoms with Gasteiger partial charge in [0.2, 0.25) is 0 Å². The molecule has 0 unspecified atom stereocenters. The van der Waals surface area contributed by atoms with Crippen LogP contribution in [0.15, 0.2) is 0 Å². The van der Waals surface area contributed by atoms with E-state index in [0.717, 1.165) is 25.7 Å². The summed E-state index contributed by atoms with van der Waals surface area (Å²) in [6, 6.07) is 0. The zero-order chi connectivity index (χ0) is 13.5. The molecule has 18 heavy (non-hydrogen) atoms. The Morgan fingerprint density at radius 3 is 2.33 bits per heavy atom. The average molecular weight is 264 g/mol. The van der Waals surface area contributed by atoms with E-state index in [-0.39, 0.29) is 0 Å². The molecule has 0 radical (unpaired) electrons. The molecule has 0 amide bonds. The molecular formula is C12H24O6. The largest absolute Gasteiger partial charge is 0.394 e. The third-order valence-electron chi connectivity index (χ3n) is 3.13. The minimum atomic E-state index is -1.36. The maximum Gasteiger partial charge on any atom is 0.186 e. The van der Waals surface area contributed by atoms with Crippen molar-refractivity contribution < 1.29 is 29.9 Å². The highest BCUT2D eigenvalue weighted by atomic mass is 16.7. The minimum Gasteiger partial charge on any atom is -0.394 e. The molecular weight excluding hydrogens is 240 g/mol. The van der Waals surface area contributed by atoms with Gasteiger partial charge >= 0.3 is 0 Å². The predicted octanol–water partition coefficient (Wildman–Crippen LogP) is -0.617. The molecule has 1 saturated heterocycles. The first kappa shape index (κ1) is 15.8. The van der Waals surface area contributed by atoms with Gasteiger partial charge in [-0.15, -0.1) is 0 Å². The Morgan fingerprint density at radius 1 is 1.00 bits per heavy atom. The van der Waals surface area contributed by atoms with Crippen molar-refractivity contribution >= 4 is 0 Å². The number of rotatable bonds is 7. The molecule has 0 aromatic rings. The molecule has 4 N–H and O–H groups in total. The van der Waals surface area contributed by atoms with Crippen LogP contribution in [0.5, 0.6) is 0 Å². The quantitative estimate of drug-likeness (QED) is 0.458. The lowest BCUT2D eigenvalue weighted by molar-refractivity contribution is -0.301. The maximum atomic E-state index is 9.68. The molecule has 6 heteroatoms. The summed E-state index contributed by atoms with van der Waals surface area (Å²) in [5.41, 5.74) is 0. The highest BCUT2D eigenvalue weighted by molar-refractivity contribution is 4.88. The number of ether oxygens (including phenoxy) is 2. The maximum absolute atomic E-state index is 9.68. The normalized spacial score (nSPS) is 36.8. The van der Waals surface area contributed by atoms with Crippen LogP contribution in [-0.4, -0.2) is 64.3 Å². The van der Waals surface area contributed by atoms with Crippen molar-refractivity contribution in [3.63, 3.8) is 0 Å². The van der Waals surface area contributed by atoms with Crippen LogP contribution >= 0.6 is 0 Å². The first-order valence-electron chi connectivity index (χ1n) is 6.54. The first-order valence-corrected chi connectivity index (χ1v) is 6.54. The summed E-state index contributed by atoms with van der Waals surface area (Å²) in [6.07, 6.45) is -1.75. The Bertz CT molecular complexity index is 223. The molecule has 108 valence electrons. The Morgan fingerprint density at radius 2 is 1.72 bits per heavy atom. The van der Waals surface area contributed by atoms with E-state index in [2.05, 4.69) is 6.92 Å². The van der Waals surface area contributed by atoms with Crippen molar-refractivity contribution in [1.82, 2.24) is 0 Å². The van der Waals surface area contributed by atoms with Gasteiger partial charge in [0.1, 0.15) is 24.4 Å². The van der Waals surface area contributed by atoms with E-state index in [4.69, 9.17) is 14.6 Å². The van der Waals surface area contributed by atoms with Crippen LogP contribution in [-0.2, 0) is 9.47 Å². The Balaban J connectivity index is 2.35. The van der Waals surface area contributed by atoms with Crippen molar-refractivity contribution in [2.24, 2.45) is 0 Å². The Labute approximate surface area is 107 Å². The molecule has 0 aromatic carbocycles. The Kier molecular flexibility index (Phi) is 7.06. The van der Waals surface area contributed by atoms with E-state index in [1.165, 1.54) is 0 Å². The molecule has 1 rings (SSSR count). The molecule has 0 aliphatic carbocycles. The monoisotopic (exact) mass is 264 g/mol. The fourth-order valence-electron chi connectivity index (χ4n) is 1.93. The van der Waals surface area contributed by atoms with Crippen LogP contribution in [0.1, 0.15) is 32.6 Å². The van der Waals surface area contributed by atoms with Crippen molar-refractivity contribution in [3.8, 4) is 0 Å². The van der Waals surface area contributed by atoms with Gasteiger partial charge in [-0.1, -0.05) is 26.2 Å². The summed E-state index contributed by atoms with van der Waals surface area (Å²) in [7, 11) is 0. The molecule has 5 atom stereocenters. The van der Waals surface area contributed by atoms with Crippen molar-refractivity contribution in [2.45, 2.75) is 63.3 Å². The van der Waals surface area contributed by atoms with Gasteiger partial charge in [0.15, 0.2) is 6.29 Å². The van der Waals surface area contributed by atoms with Gasteiger partial charge in [-0.05, 0) is 6.42 Å². The van der Waals surface area contributed by atoms with E-state index in [1.807, 2.05) is 0 Å². The lowest BCUT2D eigenvalue weighted by atomic mass is 9.99. The van der Waals surface area contributed by atoms with Crippen molar-refractivity contribution in [3.05, 3.63) is 0 Å². The van der Waals surface area contributed by atoms with Crippen LogP contribution in [0.3, 0.4) is 0 Å². The lowest BCUT2D eigenvalue weighted by Gasteiger charge is -2.39. The fraction of sp³-hybridized carbons (Fsp3) is 1.00.